The van der Waals surface area contributed by atoms with E-state index in [4.69, 9.17) is 16.4 Å². The molecule has 11 heteroatoms. The zero-order chi connectivity index (χ0) is 23.1. The highest BCUT2D eigenvalue weighted by molar-refractivity contribution is 6.30. The van der Waals surface area contributed by atoms with E-state index >= 15 is 0 Å². The molecule has 2 heterocycles. The van der Waals surface area contributed by atoms with Crippen LogP contribution in [0.3, 0.4) is 0 Å². The lowest BCUT2D eigenvalue weighted by atomic mass is 9.86. The molecule has 2 aromatic carbocycles. The summed E-state index contributed by atoms with van der Waals surface area (Å²) < 4.78 is 44.1. The minimum Gasteiger partial charge on any atom is -0.374 e. The maximum Gasteiger partial charge on any atom is 0.435 e. The third-order valence-corrected chi connectivity index (χ3v) is 5.22. The van der Waals surface area contributed by atoms with Crippen LogP contribution in [0.5, 0.6) is 0 Å². The maximum absolute atomic E-state index is 14.2. The largest absolute Gasteiger partial charge is 0.435 e. The van der Waals surface area contributed by atoms with Crippen LogP contribution in [-0.2, 0) is 15.2 Å². The molecular weight excluding hydrogens is 447 g/mol. The number of hydrogen-bond donors (Lipinski definition) is 1. The molecule has 0 aliphatic carbocycles. The lowest BCUT2D eigenvalue weighted by molar-refractivity contribution is -0.275. The summed E-state index contributed by atoms with van der Waals surface area (Å²) in [5, 5.41) is 10.6. The van der Waals surface area contributed by atoms with Crippen molar-refractivity contribution in [3.8, 4) is 5.69 Å². The Kier molecular flexibility index (Phi) is 5.41. The van der Waals surface area contributed by atoms with Gasteiger partial charge in [-0.2, -0.15) is 18.3 Å². The molecule has 4 rings (SSSR count). The number of amides is 1. The minimum absolute atomic E-state index is 0.0803. The third kappa shape index (κ3) is 3.93. The topological polar surface area (TPSA) is 81.4 Å². The fraction of sp³-hybridized carbons (Fsp3) is 0.238. The van der Waals surface area contributed by atoms with Crippen LogP contribution in [0.15, 0.2) is 54.2 Å². The van der Waals surface area contributed by atoms with E-state index in [0.29, 0.717) is 22.5 Å². The molecule has 1 aliphatic rings. The molecule has 7 nitrogen and oxygen atoms in total. The molecule has 0 saturated carbocycles. The molecule has 0 saturated heterocycles. The Morgan fingerprint density at radius 2 is 2.03 bits per heavy atom. The lowest BCUT2D eigenvalue weighted by Crippen LogP contribution is -2.42. The Labute approximate surface area is 185 Å². The van der Waals surface area contributed by atoms with Crippen LogP contribution in [0, 0.1) is 6.92 Å². The smallest absolute Gasteiger partial charge is 0.374 e. The molecule has 1 atom stereocenters. The van der Waals surface area contributed by atoms with E-state index in [1.165, 1.54) is 42.5 Å². The number of halogens is 4. The Balaban J connectivity index is 1.74. The minimum atomic E-state index is -4.75. The highest BCUT2D eigenvalue weighted by atomic mass is 35.5. The van der Waals surface area contributed by atoms with Gasteiger partial charge in [-0.25, -0.2) is 9.67 Å². The van der Waals surface area contributed by atoms with Gasteiger partial charge < -0.3 is 10.2 Å². The first kappa shape index (κ1) is 21.8. The summed E-state index contributed by atoms with van der Waals surface area (Å²) in [5.41, 5.74) is -0.955. The van der Waals surface area contributed by atoms with Crippen molar-refractivity contribution >= 4 is 28.9 Å². The summed E-state index contributed by atoms with van der Waals surface area (Å²) in [5.74, 6) is -0.354. The maximum atomic E-state index is 14.2. The number of nitrogens with zero attached hydrogens (tertiary/aromatic N) is 4. The van der Waals surface area contributed by atoms with Crippen molar-refractivity contribution in [1.82, 2.24) is 14.8 Å². The predicted octanol–water partition coefficient (Wildman–Crippen LogP) is 4.77. The van der Waals surface area contributed by atoms with Gasteiger partial charge in [0.1, 0.15) is 12.7 Å². The second-order valence-electron chi connectivity index (χ2n) is 7.40. The van der Waals surface area contributed by atoms with Gasteiger partial charge in [0.15, 0.2) is 0 Å². The number of alkyl halides is 3. The lowest BCUT2D eigenvalue weighted by Gasteiger charge is -2.30. The van der Waals surface area contributed by atoms with E-state index in [1.54, 1.807) is 25.1 Å². The average molecular weight is 464 g/mol. The van der Waals surface area contributed by atoms with Crippen molar-refractivity contribution in [2.75, 3.05) is 5.32 Å². The summed E-state index contributed by atoms with van der Waals surface area (Å²) in [6.07, 6.45) is -2.55. The zero-order valence-corrected chi connectivity index (χ0v) is 17.7. The molecule has 1 aromatic heterocycles. The van der Waals surface area contributed by atoms with Gasteiger partial charge in [0.25, 0.3) is 5.60 Å². The first-order chi connectivity index (χ1) is 15.1. The molecule has 1 unspecified atom stereocenters. The first-order valence-corrected chi connectivity index (χ1v) is 9.83. The molecule has 1 amide bonds. The second kappa shape index (κ2) is 7.94. The quantitative estimate of drug-likeness (QED) is 0.604. The number of anilines is 1. The molecular formula is C21H17ClF3N5O2. The van der Waals surface area contributed by atoms with Crippen molar-refractivity contribution in [2.45, 2.75) is 32.0 Å². The molecule has 0 bridgehead atoms. The van der Waals surface area contributed by atoms with Crippen molar-refractivity contribution in [3.63, 3.8) is 0 Å². The molecule has 32 heavy (non-hydrogen) atoms. The molecule has 166 valence electrons. The fourth-order valence-electron chi connectivity index (χ4n) is 3.57. The highest BCUT2D eigenvalue weighted by Gasteiger charge is 2.62. The summed E-state index contributed by atoms with van der Waals surface area (Å²) >= 11 is 6.02. The van der Waals surface area contributed by atoms with E-state index in [1.807, 2.05) is 0 Å². The number of benzene rings is 2. The predicted molar refractivity (Wildman–Crippen MR) is 112 cm³/mol. The van der Waals surface area contributed by atoms with Crippen LogP contribution in [0.1, 0.15) is 30.0 Å². The monoisotopic (exact) mass is 463 g/mol. The summed E-state index contributed by atoms with van der Waals surface area (Å²) in [4.78, 5) is 20.6. The summed E-state index contributed by atoms with van der Waals surface area (Å²) in [7, 11) is 0. The van der Waals surface area contributed by atoms with Crippen molar-refractivity contribution < 1.29 is 22.8 Å². The van der Waals surface area contributed by atoms with Crippen LogP contribution in [0.4, 0.5) is 18.9 Å². The van der Waals surface area contributed by atoms with Crippen LogP contribution in [-0.4, -0.2) is 32.6 Å². The van der Waals surface area contributed by atoms with E-state index in [9.17, 15) is 18.0 Å². The number of carbonyl (C=O) groups is 1. The van der Waals surface area contributed by atoms with Gasteiger partial charge in [0.05, 0.1) is 17.1 Å². The van der Waals surface area contributed by atoms with Gasteiger partial charge in [0.2, 0.25) is 5.91 Å². The molecule has 1 aliphatic heterocycles. The number of aryl methyl sites for hydroxylation is 1. The molecule has 0 radical (unpaired) electrons. The second-order valence-corrected chi connectivity index (χ2v) is 7.84. The summed E-state index contributed by atoms with van der Waals surface area (Å²) in [6.45, 7) is 2.98. The van der Waals surface area contributed by atoms with Gasteiger partial charge in [-0.1, -0.05) is 28.9 Å². The Morgan fingerprint density at radius 1 is 1.25 bits per heavy atom. The third-order valence-electron chi connectivity index (χ3n) is 5.00. The number of nitrogens with one attached hydrogen (secondary N) is 1. The van der Waals surface area contributed by atoms with E-state index in [-0.39, 0.29) is 22.2 Å². The Bertz CT molecular complexity index is 1190. The molecule has 3 aromatic rings. The number of hydrogen-bond acceptors (Lipinski definition) is 5. The first-order valence-electron chi connectivity index (χ1n) is 9.45. The van der Waals surface area contributed by atoms with Gasteiger partial charge in [-0.05, 0) is 36.8 Å². The highest BCUT2D eigenvalue weighted by Crippen LogP contribution is 2.49. The molecule has 0 fully saturated rings. The zero-order valence-electron chi connectivity index (χ0n) is 16.9. The molecule has 0 spiro atoms. The van der Waals surface area contributed by atoms with Crippen molar-refractivity contribution in [2.24, 2.45) is 5.16 Å². The number of oxime groups is 1. The SMILES string of the molecule is CC(=O)Nc1cc(C2=NOC(c3cc(C)cc(Cl)c3)(C(F)(F)F)C2)ccc1-n1cncn1. The Hall–Kier alpha value is -3.40. The van der Waals surface area contributed by atoms with Gasteiger partial charge >= 0.3 is 6.18 Å². The number of carbonyl (C=O) groups excluding carboxylic acids is 1. The van der Waals surface area contributed by atoms with Gasteiger partial charge in [0, 0.05) is 29.5 Å². The average Bonchev–Trinajstić information content (AvgIpc) is 3.37. The van der Waals surface area contributed by atoms with Crippen molar-refractivity contribution in [1.29, 1.82) is 0 Å². The van der Waals surface area contributed by atoms with Gasteiger partial charge in [-0.15, -0.1) is 0 Å². The Morgan fingerprint density at radius 3 is 2.66 bits per heavy atom. The normalized spacial score (nSPS) is 18.2. The van der Waals surface area contributed by atoms with Crippen LogP contribution in [0.25, 0.3) is 5.69 Å². The van der Waals surface area contributed by atoms with Gasteiger partial charge in [-0.3, -0.25) is 4.79 Å². The van der Waals surface area contributed by atoms with Crippen molar-refractivity contribution in [3.05, 3.63) is 70.8 Å². The molecule has 1 N–H and O–H groups in total. The van der Waals surface area contributed by atoms with E-state index in [0.717, 1.165) is 0 Å². The van der Waals surface area contributed by atoms with Crippen LogP contribution < -0.4 is 5.32 Å². The number of aromatic nitrogens is 3. The fourth-order valence-corrected chi connectivity index (χ4v) is 3.86. The standard InChI is InChI=1S/C21H17ClF3N5O2/c1-12-5-15(8-16(22)6-12)20(21(23,24)25)9-18(29-32-20)14-3-4-19(30-11-26-10-27-30)17(7-14)28-13(2)31/h3-8,10-11H,9H2,1-2H3,(H,28,31). The summed E-state index contributed by atoms with van der Waals surface area (Å²) in [6, 6.07) is 8.89. The number of rotatable bonds is 4. The van der Waals surface area contributed by atoms with Crippen LogP contribution in [0.2, 0.25) is 5.02 Å². The van der Waals surface area contributed by atoms with E-state index in [2.05, 4.69) is 20.6 Å². The van der Waals surface area contributed by atoms with E-state index < -0.39 is 18.2 Å². The van der Waals surface area contributed by atoms with Crippen LogP contribution >= 0.6 is 11.6 Å².